The number of fused-ring (bicyclic) bond motifs is 2. The first-order valence-electron chi connectivity index (χ1n) is 8.19. The molecule has 0 spiro atoms. The summed E-state index contributed by atoms with van der Waals surface area (Å²) in [5.41, 5.74) is 5.84. The van der Waals surface area contributed by atoms with Crippen LogP contribution in [0.1, 0.15) is 12.5 Å². The fourth-order valence-electron chi connectivity index (χ4n) is 2.96. The maximum absolute atomic E-state index is 6.16. The van der Waals surface area contributed by atoms with Gasteiger partial charge in [0, 0.05) is 35.1 Å². The SMILES string of the molecule is CCc1c(NC)c(O[Si](C)C)cc2c1Nc1cc(NC)ccc1S2. The average molecular weight is 359 g/mol. The van der Waals surface area contributed by atoms with Crippen molar-refractivity contribution in [2.75, 3.05) is 30.0 Å². The Kier molecular flexibility index (Phi) is 4.96. The lowest BCUT2D eigenvalue weighted by molar-refractivity contribution is 0.580. The summed E-state index contributed by atoms with van der Waals surface area (Å²) in [7, 11) is 3.10. The van der Waals surface area contributed by atoms with Crippen molar-refractivity contribution in [1.82, 2.24) is 0 Å². The molecule has 24 heavy (non-hydrogen) atoms. The first-order valence-corrected chi connectivity index (χ1v) is 11.4. The van der Waals surface area contributed by atoms with Crippen molar-refractivity contribution in [2.45, 2.75) is 36.2 Å². The molecule has 1 aliphatic rings. The van der Waals surface area contributed by atoms with E-state index >= 15 is 0 Å². The van der Waals surface area contributed by atoms with E-state index in [1.165, 1.54) is 21.0 Å². The number of nitrogens with one attached hydrogen (secondary N) is 3. The van der Waals surface area contributed by atoms with Crippen LogP contribution in [0.2, 0.25) is 13.1 Å². The normalized spacial score (nSPS) is 12.2. The number of hydrogen-bond acceptors (Lipinski definition) is 5. The van der Waals surface area contributed by atoms with Crippen LogP contribution >= 0.6 is 11.8 Å². The van der Waals surface area contributed by atoms with Gasteiger partial charge in [0.2, 0.25) is 0 Å². The van der Waals surface area contributed by atoms with Crippen LogP contribution < -0.4 is 20.4 Å². The average Bonchev–Trinajstić information content (AvgIpc) is 2.57. The minimum Gasteiger partial charge on any atom is -0.541 e. The summed E-state index contributed by atoms with van der Waals surface area (Å²) in [6, 6.07) is 8.60. The van der Waals surface area contributed by atoms with Crippen LogP contribution in [0, 0.1) is 0 Å². The Morgan fingerprint density at radius 2 is 1.92 bits per heavy atom. The van der Waals surface area contributed by atoms with E-state index in [4.69, 9.17) is 4.43 Å². The van der Waals surface area contributed by atoms with E-state index < -0.39 is 9.04 Å². The van der Waals surface area contributed by atoms with Crippen molar-refractivity contribution in [2.24, 2.45) is 0 Å². The number of hydrogen-bond donors (Lipinski definition) is 3. The van der Waals surface area contributed by atoms with Crippen LogP contribution in [0.5, 0.6) is 5.75 Å². The molecule has 0 saturated carbocycles. The zero-order valence-corrected chi connectivity index (χ0v) is 16.6. The van der Waals surface area contributed by atoms with Crippen molar-refractivity contribution in [3.8, 4) is 5.75 Å². The van der Waals surface area contributed by atoms with Gasteiger partial charge in [-0.05, 0) is 43.8 Å². The predicted molar refractivity (Wildman–Crippen MR) is 107 cm³/mol. The second kappa shape index (κ2) is 6.99. The third kappa shape index (κ3) is 3.08. The molecule has 0 unspecified atom stereocenters. The molecule has 0 bridgehead atoms. The van der Waals surface area contributed by atoms with Gasteiger partial charge in [-0.3, -0.25) is 0 Å². The zero-order chi connectivity index (χ0) is 17.3. The first-order chi connectivity index (χ1) is 11.6. The van der Waals surface area contributed by atoms with E-state index in [1.807, 2.05) is 14.1 Å². The van der Waals surface area contributed by atoms with E-state index in [9.17, 15) is 0 Å². The zero-order valence-electron chi connectivity index (χ0n) is 14.8. The standard InChI is InChI=1S/C18H24N3OSSi/c1-6-12-17(20-3)14(22-24(4)5)10-16-18(12)21-13-9-11(19-2)7-8-15(13)23-16/h7-10,19-21H,6H2,1-5H3. The molecule has 0 aromatic heterocycles. The molecule has 2 aromatic rings. The van der Waals surface area contributed by atoms with E-state index in [2.05, 4.69) is 60.2 Å². The summed E-state index contributed by atoms with van der Waals surface area (Å²) in [6.45, 7) is 6.51. The molecule has 1 radical (unpaired) electrons. The van der Waals surface area contributed by atoms with Crippen LogP contribution in [-0.2, 0) is 6.42 Å². The highest BCUT2D eigenvalue weighted by atomic mass is 32.2. The topological polar surface area (TPSA) is 45.3 Å². The molecule has 0 fully saturated rings. The minimum atomic E-state index is -0.816. The third-order valence-electron chi connectivity index (χ3n) is 4.02. The second-order valence-electron chi connectivity index (χ2n) is 5.90. The molecule has 0 amide bonds. The molecule has 127 valence electrons. The Balaban J connectivity index is 2.10. The Morgan fingerprint density at radius 1 is 1.12 bits per heavy atom. The molecule has 3 N–H and O–H groups in total. The molecular weight excluding hydrogens is 334 g/mol. The van der Waals surface area contributed by atoms with Gasteiger partial charge in [0.15, 0.2) is 0 Å². The lowest BCUT2D eigenvalue weighted by Gasteiger charge is -2.27. The van der Waals surface area contributed by atoms with Crippen molar-refractivity contribution >= 4 is 43.6 Å². The maximum Gasteiger partial charge on any atom is 0.274 e. The van der Waals surface area contributed by atoms with Gasteiger partial charge in [-0.2, -0.15) is 0 Å². The molecule has 4 nitrogen and oxygen atoms in total. The molecular formula is C18H24N3OSSi. The van der Waals surface area contributed by atoms with Crippen LogP contribution in [0.25, 0.3) is 0 Å². The summed E-state index contributed by atoms with van der Waals surface area (Å²) in [6.07, 6.45) is 0.944. The minimum absolute atomic E-state index is 0.816. The van der Waals surface area contributed by atoms with Gasteiger partial charge in [0.05, 0.1) is 17.1 Å². The Labute approximate surface area is 150 Å². The molecule has 0 aliphatic carbocycles. The Morgan fingerprint density at radius 3 is 2.54 bits per heavy atom. The van der Waals surface area contributed by atoms with Gasteiger partial charge >= 0.3 is 0 Å². The molecule has 0 atom stereocenters. The second-order valence-corrected chi connectivity index (χ2v) is 9.01. The van der Waals surface area contributed by atoms with Crippen LogP contribution in [0.4, 0.5) is 22.7 Å². The number of rotatable bonds is 5. The summed E-state index contributed by atoms with van der Waals surface area (Å²) >= 11 is 1.80. The van der Waals surface area contributed by atoms with E-state index in [0.717, 1.165) is 29.2 Å². The van der Waals surface area contributed by atoms with Gasteiger partial charge in [-0.15, -0.1) is 0 Å². The molecule has 1 heterocycles. The summed E-state index contributed by atoms with van der Waals surface area (Å²) < 4.78 is 6.16. The number of anilines is 4. The third-order valence-corrected chi connectivity index (χ3v) is 5.77. The molecule has 3 rings (SSSR count). The highest BCUT2D eigenvalue weighted by Gasteiger charge is 2.23. The van der Waals surface area contributed by atoms with Gasteiger partial charge < -0.3 is 20.4 Å². The maximum atomic E-state index is 6.16. The predicted octanol–water partition coefficient (Wildman–Crippen LogP) is 5.17. The Hall–Kier alpha value is -1.79. The number of benzene rings is 2. The van der Waals surface area contributed by atoms with Crippen molar-refractivity contribution < 1.29 is 4.43 Å². The fraction of sp³-hybridized carbons (Fsp3) is 0.333. The van der Waals surface area contributed by atoms with Gasteiger partial charge in [0.25, 0.3) is 9.04 Å². The van der Waals surface area contributed by atoms with Gasteiger partial charge in [-0.25, -0.2) is 0 Å². The van der Waals surface area contributed by atoms with Crippen LogP contribution in [0.15, 0.2) is 34.1 Å². The Bertz CT molecular complexity index is 764. The monoisotopic (exact) mass is 358 g/mol. The van der Waals surface area contributed by atoms with E-state index in [-0.39, 0.29) is 0 Å². The quantitative estimate of drug-likeness (QED) is 0.549. The smallest absolute Gasteiger partial charge is 0.274 e. The van der Waals surface area contributed by atoms with Gasteiger partial charge in [0.1, 0.15) is 5.75 Å². The van der Waals surface area contributed by atoms with Crippen LogP contribution in [0.3, 0.4) is 0 Å². The highest BCUT2D eigenvalue weighted by Crippen LogP contribution is 2.50. The van der Waals surface area contributed by atoms with Crippen LogP contribution in [-0.4, -0.2) is 23.1 Å². The summed E-state index contributed by atoms with van der Waals surface area (Å²) in [5, 5.41) is 10.2. The summed E-state index contributed by atoms with van der Waals surface area (Å²) in [5.74, 6) is 0.969. The molecule has 2 aromatic carbocycles. The first kappa shape index (κ1) is 17.0. The molecule has 1 aliphatic heterocycles. The molecule has 0 saturated heterocycles. The van der Waals surface area contributed by atoms with E-state index in [1.54, 1.807) is 11.8 Å². The molecule has 6 heteroatoms. The van der Waals surface area contributed by atoms with E-state index in [0.29, 0.717) is 0 Å². The van der Waals surface area contributed by atoms with Crippen molar-refractivity contribution in [3.63, 3.8) is 0 Å². The van der Waals surface area contributed by atoms with Crippen molar-refractivity contribution in [3.05, 3.63) is 29.8 Å². The lowest BCUT2D eigenvalue weighted by atomic mass is 10.1. The highest BCUT2D eigenvalue weighted by molar-refractivity contribution is 7.99. The van der Waals surface area contributed by atoms with Gasteiger partial charge in [-0.1, -0.05) is 18.7 Å². The summed E-state index contributed by atoms with van der Waals surface area (Å²) in [4.78, 5) is 2.47. The lowest BCUT2D eigenvalue weighted by Crippen LogP contribution is -2.14. The largest absolute Gasteiger partial charge is 0.541 e. The fourth-order valence-corrected chi connectivity index (χ4v) is 4.59. The van der Waals surface area contributed by atoms with Crippen molar-refractivity contribution in [1.29, 1.82) is 0 Å².